The molecule has 0 saturated carbocycles. The summed E-state index contributed by atoms with van der Waals surface area (Å²) in [5.41, 5.74) is 0.574. The highest BCUT2D eigenvalue weighted by Crippen LogP contribution is 2.34. The number of hydrogen-bond acceptors (Lipinski definition) is 4. The SMILES string of the molecule is CC(=O)C(CC[C@@H](C)[C@H](OC(=O)c1ccccc1P(c1ccccc1)c1ccccc1)C(C)C)C(C)=O. The summed E-state index contributed by atoms with van der Waals surface area (Å²) in [5.74, 6) is -1.06. The van der Waals surface area contributed by atoms with Crippen molar-refractivity contribution in [2.24, 2.45) is 17.8 Å². The summed E-state index contributed by atoms with van der Waals surface area (Å²) in [6.45, 7) is 9.03. The molecule has 2 atom stereocenters. The molecule has 3 aromatic carbocycles. The lowest BCUT2D eigenvalue weighted by Crippen LogP contribution is -2.33. The van der Waals surface area contributed by atoms with E-state index in [-0.39, 0.29) is 35.5 Å². The molecule has 0 bridgehead atoms. The molecule has 0 aliphatic rings. The van der Waals surface area contributed by atoms with Crippen LogP contribution in [0.5, 0.6) is 0 Å². The molecule has 5 heteroatoms. The number of ether oxygens (including phenoxy) is 1. The summed E-state index contributed by atoms with van der Waals surface area (Å²) >= 11 is 0. The van der Waals surface area contributed by atoms with Gasteiger partial charge in [0.2, 0.25) is 0 Å². The number of Topliss-reactive ketones (excluding diaryl/α,β-unsaturated/α-hetero) is 2. The normalized spacial score (nSPS) is 13.0. The molecule has 0 spiro atoms. The standard InChI is InChI=1S/C32H37O4P/c1-22(2)31(23(3)20-21-28(24(4)33)25(5)34)36-32(35)29-18-12-13-19-30(29)37(26-14-8-6-9-15-26)27-16-10-7-11-17-27/h6-19,22-23,28,31H,20-21H2,1-5H3/t23-,31-/m1/s1. The summed E-state index contributed by atoms with van der Waals surface area (Å²) in [6, 6.07) is 28.3. The molecular formula is C32H37O4P. The van der Waals surface area contributed by atoms with Gasteiger partial charge in [-0.1, -0.05) is 99.6 Å². The van der Waals surface area contributed by atoms with Gasteiger partial charge in [-0.2, -0.15) is 0 Å². The van der Waals surface area contributed by atoms with Crippen LogP contribution in [0.15, 0.2) is 84.9 Å². The van der Waals surface area contributed by atoms with E-state index in [4.69, 9.17) is 4.74 Å². The van der Waals surface area contributed by atoms with Crippen LogP contribution in [0.1, 0.15) is 57.8 Å². The highest BCUT2D eigenvalue weighted by atomic mass is 31.1. The first kappa shape index (κ1) is 28.5. The number of rotatable bonds is 12. The fourth-order valence-electron chi connectivity index (χ4n) is 4.81. The second-order valence-electron chi connectivity index (χ2n) is 9.97. The Morgan fingerprint density at radius 3 is 1.68 bits per heavy atom. The quantitative estimate of drug-likeness (QED) is 0.173. The van der Waals surface area contributed by atoms with Crippen LogP contribution in [0.25, 0.3) is 0 Å². The van der Waals surface area contributed by atoms with Crippen LogP contribution in [-0.2, 0) is 14.3 Å². The van der Waals surface area contributed by atoms with E-state index in [9.17, 15) is 14.4 Å². The van der Waals surface area contributed by atoms with Crippen molar-refractivity contribution in [2.45, 2.75) is 53.6 Å². The Bertz CT molecular complexity index is 1140. The first-order valence-electron chi connectivity index (χ1n) is 12.9. The molecule has 194 valence electrons. The number of benzene rings is 3. The molecule has 37 heavy (non-hydrogen) atoms. The molecule has 0 aliphatic heterocycles. The van der Waals surface area contributed by atoms with E-state index in [0.717, 1.165) is 15.9 Å². The molecule has 0 radical (unpaired) electrons. The maximum absolute atomic E-state index is 13.7. The van der Waals surface area contributed by atoms with Gasteiger partial charge < -0.3 is 4.74 Å². The maximum Gasteiger partial charge on any atom is 0.339 e. The van der Waals surface area contributed by atoms with Crippen molar-refractivity contribution in [3.63, 3.8) is 0 Å². The number of carbonyl (C=O) groups is 3. The third-order valence-electron chi connectivity index (χ3n) is 6.75. The van der Waals surface area contributed by atoms with E-state index >= 15 is 0 Å². The zero-order valence-corrected chi connectivity index (χ0v) is 23.3. The number of hydrogen-bond donors (Lipinski definition) is 0. The zero-order valence-electron chi connectivity index (χ0n) is 22.4. The Morgan fingerprint density at radius 1 is 0.703 bits per heavy atom. The molecule has 0 saturated heterocycles. The zero-order chi connectivity index (χ0) is 26.9. The van der Waals surface area contributed by atoms with Crippen molar-refractivity contribution in [1.29, 1.82) is 0 Å². The average molecular weight is 517 g/mol. The molecule has 0 unspecified atom stereocenters. The fraction of sp³-hybridized carbons (Fsp3) is 0.344. The Balaban J connectivity index is 1.90. The lowest BCUT2D eigenvalue weighted by Gasteiger charge is -2.29. The molecule has 0 N–H and O–H groups in total. The van der Waals surface area contributed by atoms with Gasteiger partial charge in [-0.05, 0) is 68.4 Å². The minimum absolute atomic E-state index is 0.00192. The van der Waals surface area contributed by atoms with Crippen LogP contribution in [0.2, 0.25) is 0 Å². The minimum atomic E-state index is -0.961. The van der Waals surface area contributed by atoms with E-state index in [1.54, 1.807) is 0 Å². The van der Waals surface area contributed by atoms with Crippen LogP contribution < -0.4 is 15.9 Å². The van der Waals surface area contributed by atoms with E-state index in [1.165, 1.54) is 13.8 Å². The van der Waals surface area contributed by atoms with E-state index in [2.05, 4.69) is 24.3 Å². The summed E-state index contributed by atoms with van der Waals surface area (Å²) in [6.07, 6.45) is 0.763. The Morgan fingerprint density at radius 2 is 1.19 bits per heavy atom. The summed E-state index contributed by atoms with van der Waals surface area (Å²) < 4.78 is 6.18. The van der Waals surface area contributed by atoms with Gasteiger partial charge in [0.15, 0.2) is 0 Å². The van der Waals surface area contributed by atoms with Gasteiger partial charge in [0, 0.05) is 0 Å². The first-order chi connectivity index (χ1) is 17.7. The third kappa shape index (κ3) is 7.46. The molecular weight excluding hydrogens is 479 g/mol. The third-order valence-corrected chi connectivity index (χ3v) is 9.25. The van der Waals surface area contributed by atoms with Crippen molar-refractivity contribution < 1.29 is 19.1 Å². The Kier molecular flexibility index (Phi) is 10.3. The van der Waals surface area contributed by atoms with Crippen molar-refractivity contribution in [3.8, 4) is 0 Å². The van der Waals surface area contributed by atoms with Crippen molar-refractivity contribution in [2.75, 3.05) is 0 Å². The van der Waals surface area contributed by atoms with Crippen LogP contribution in [0, 0.1) is 17.8 Å². The topological polar surface area (TPSA) is 60.4 Å². The summed E-state index contributed by atoms with van der Waals surface area (Å²) in [4.78, 5) is 37.5. The van der Waals surface area contributed by atoms with Gasteiger partial charge in [-0.15, -0.1) is 0 Å². The highest BCUT2D eigenvalue weighted by Gasteiger charge is 2.30. The Labute approximate surface area is 222 Å². The van der Waals surface area contributed by atoms with E-state index in [0.29, 0.717) is 18.4 Å². The molecule has 4 nitrogen and oxygen atoms in total. The number of esters is 1. The molecule has 0 heterocycles. The van der Waals surface area contributed by atoms with Crippen molar-refractivity contribution in [1.82, 2.24) is 0 Å². The molecule has 3 aromatic rings. The highest BCUT2D eigenvalue weighted by molar-refractivity contribution is 7.80. The number of ketones is 2. The first-order valence-corrected chi connectivity index (χ1v) is 14.3. The minimum Gasteiger partial charge on any atom is -0.458 e. The van der Waals surface area contributed by atoms with Gasteiger partial charge in [-0.3, -0.25) is 9.59 Å². The lowest BCUT2D eigenvalue weighted by atomic mass is 9.86. The Hall–Kier alpha value is -3.10. The van der Waals surface area contributed by atoms with Crippen LogP contribution in [0.3, 0.4) is 0 Å². The molecule has 0 fully saturated rings. The smallest absolute Gasteiger partial charge is 0.339 e. The van der Waals surface area contributed by atoms with E-state index in [1.807, 2.05) is 81.4 Å². The monoisotopic (exact) mass is 516 g/mol. The van der Waals surface area contributed by atoms with Crippen molar-refractivity contribution >= 4 is 41.4 Å². The fourth-order valence-corrected chi connectivity index (χ4v) is 7.24. The van der Waals surface area contributed by atoms with Gasteiger partial charge in [0.05, 0.1) is 11.5 Å². The van der Waals surface area contributed by atoms with Gasteiger partial charge in [-0.25, -0.2) is 4.79 Å². The summed E-state index contributed by atoms with van der Waals surface area (Å²) in [7, 11) is -0.961. The summed E-state index contributed by atoms with van der Waals surface area (Å²) in [5, 5.41) is 3.29. The second kappa shape index (κ2) is 13.4. The van der Waals surface area contributed by atoms with Crippen LogP contribution in [0.4, 0.5) is 0 Å². The number of carbonyl (C=O) groups excluding carboxylic acids is 3. The molecule has 0 amide bonds. The predicted octanol–water partition coefficient (Wildman–Crippen LogP) is 5.84. The van der Waals surface area contributed by atoms with Crippen LogP contribution in [-0.4, -0.2) is 23.6 Å². The van der Waals surface area contributed by atoms with Crippen molar-refractivity contribution in [3.05, 3.63) is 90.5 Å². The molecule has 0 aliphatic carbocycles. The van der Waals surface area contributed by atoms with Gasteiger partial charge in [0.1, 0.15) is 17.7 Å². The van der Waals surface area contributed by atoms with Gasteiger partial charge >= 0.3 is 5.97 Å². The van der Waals surface area contributed by atoms with E-state index < -0.39 is 13.8 Å². The second-order valence-corrected chi connectivity index (χ2v) is 12.2. The maximum atomic E-state index is 13.7. The van der Waals surface area contributed by atoms with Crippen LogP contribution >= 0.6 is 7.92 Å². The molecule has 3 rings (SSSR count). The molecule has 0 aromatic heterocycles. The van der Waals surface area contributed by atoms with Gasteiger partial charge in [0.25, 0.3) is 0 Å². The lowest BCUT2D eigenvalue weighted by molar-refractivity contribution is -0.130. The largest absolute Gasteiger partial charge is 0.458 e. The predicted molar refractivity (Wildman–Crippen MR) is 152 cm³/mol. The average Bonchev–Trinajstić information content (AvgIpc) is 2.88.